The highest BCUT2D eigenvalue weighted by atomic mass is 15.2. The van der Waals surface area contributed by atoms with Crippen LogP contribution < -0.4 is 0 Å². The van der Waals surface area contributed by atoms with Crippen molar-refractivity contribution < 1.29 is 0 Å². The van der Waals surface area contributed by atoms with Gasteiger partial charge in [0.25, 0.3) is 0 Å². The molecule has 4 nitrogen and oxygen atoms in total. The van der Waals surface area contributed by atoms with Gasteiger partial charge in [0, 0.05) is 43.9 Å². The SMILES string of the molecule is c1ccc(-c2cc(-c3ccccc3)nc(-n3c4ccccc4c4cc5ccccc5c(-c5ccc6c(c5)c5ccccc5n6-c5ccc6ccccc6c5)c43)n2)cc1. The highest BCUT2D eigenvalue weighted by Gasteiger charge is 2.23. The molecule has 0 aliphatic heterocycles. The van der Waals surface area contributed by atoms with Crippen LogP contribution in [0.3, 0.4) is 0 Å². The molecule has 0 radical (unpaired) electrons. The highest BCUT2D eigenvalue weighted by molar-refractivity contribution is 6.22. The molecule has 0 saturated carbocycles. The number of fused-ring (bicyclic) bond motifs is 8. The summed E-state index contributed by atoms with van der Waals surface area (Å²) >= 11 is 0. The van der Waals surface area contributed by atoms with Gasteiger partial charge >= 0.3 is 0 Å². The number of hydrogen-bond acceptors (Lipinski definition) is 2. The van der Waals surface area contributed by atoms with Gasteiger partial charge in [-0.25, -0.2) is 9.97 Å². The molecule has 9 aromatic carbocycles. The van der Waals surface area contributed by atoms with Crippen molar-refractivity contribution in [3.8, 4) is 45.3 Å². The molecular weight excluding hydrogens is 705 g/mol. The second-order valence-corrected chi connectivity index (χ2v) is 15.0. The van der Waals surface area contributed by atoms with E-state index in [4.69, 9.17) is 9.97 Å². The molecule has 0 fully saturated rings. The number of benzene rings is 9. The topological polar surface area (TPSA) is 35.6 Å². The van der Waals surface area contributed by atoms with Crippen LogP contribution in [0.2, 0.25) is 0 Å². The Hall–Kier alpha value is -7.82. The van der Waals surface area contributed by atoms with Gasteiger partial charge in [0.1, 0.15) is 0 Å². The molecular formula is C54H34N4. The summed E-state index contributed by atoms with van der Waals surface area (Å²) in [6, 6.07) is 73.9. The fraction of sp³-hybridized carbons (Fsp3) is 0. The predicted molar refractivity (Wildman–Crippen MR) is 242 cm³/mol. The van der Waals surface area contributed by atoms with Crippen LogP contribution in [0.4, 0.5) is 0 Å². The molecule has 12 aromatic rings. The molecule has 0 amide bonds. The third-order valence-corrected chi connectivity index (χ3v) is 11.7. The van der Waals surface area contributed by atoms with E-state index in [1.165, 1.54) is 43.4 Å². The minimum atomic E-state index is 0.636. The van der Waals surface area contributed by atoms with E-state index in [9.17, 15) is 0 Å². The van der Waals surface area contributed by atoms with Gasteiger partial charge in [-0.2, -0.15) is 0 Å². The number of para-hydroxylation sites is 2. The molecule has 12 rings (SSSR count). The molecule has 0 aliphatic rings. The van der Waals surface area contributed by atoms with Crippen molar-refractivity contribution in [3.05, 3.63) is 206 Å². The van der Waals surface area contributed by atoms with Crippen LogP contribution in [0.1, 0.15) is 0 Å². The van der Waals surface area contributed by atoms with E-state index < -0.39 is 0 Å². The maximum atomic E-state index is 5.38. The van der Waals surface area contributed by atoms with E-state index in [1.807, 2.05) is 12.1 Å². The van der Waals surface area contributed by atoms with Crippen molar-refractivity contribution in [2.45, 2.75) is 0 Å². The Morgan fingerprint density at radius 2 is 0.862 bits per heavy atom. The zero-order valence-corrected chi connectivity index (χ0v) is 31.4. The van der Waals surface area contributed by atoms with Gasteiger partial charge in [0.15, 0.2) is 0 Å². The minimum Gasteiger partial charge on any atom is -0.309 e. The maximum Gasteiger partial charge on any atom is 0.235 e. The van der Waals surface area contributed by atoms with E-state index in [-0.39, 0.29) is 0 Å². The van der Waals surface area contributed by atoms with Gasteiger partial charge in [-0.1, -0.05) is 158 Å². The van der Waals surface area contributed by atoms with E-state index >= 15 is 0 Å². The minimum absolute atomic E-state index is 0.636. The number of hydrogen-bond donors (Lipinski definition) is 0. The van der Waals surface area contributed by atoms with Crippen molar-refractivity contribution in [2.75, 3.05) is 0 Å². The lowest BCUT2D eigenvalue weighted by Crippen LogP contribution is -2.05. The van der Waals surface area contributed by atoms with Gasteiger partial charge in [-0.05, 0) is 75.6 Å². The number of nitrogens with zero attached hydrogens (tertiary/aromatic N) is 4. The molecule has 3 aromatic heterocycles. The Balaban J connectivity index is 1.18. The zero-order valence-electron chi connectivity index (χ0n) is 31.4. The Kier molecular flexibility index (Phi) is 7.20. The summed E-state index contributed by atoms with van der Waals surface area (Å²) in [5.74, 6) is 0.636. The van der Waals surface area contributed by atoms with Gasteiger partial charge in [0.2, 0.25) is 5.95 Å². The van der Waals surface area contributed by atoms with Crippen molar-refractivity contribution >= 4 is 65.2 Å². The van der Waals surface area contributed by atoms with Crippen molar-refractivity contribution in [3.63, 3.8) is 0 Å². The van der Waals surface area contributed by atoms with Crippen LogP contribution in [0, 0.1) is 0 Å². The third-order valence-electron chi connectivity index (χ3n) is 11.7. The normalized spacial score (nSPS) is 11.8. The Morgan fingerprint density at radius 3 is 1.57 bits per heavy atom. The van der Waals surface area contributed by atoms with Crippen LogP contribution in [-0.2, 0) is 0 Å². The first-order chi connectivity index (χ1) is 28.8. The molecule has 0 spiro atoms. The van der Waals surface area contributed by atoms with E-state index in [1.54, 1.807) is 0 Å². The van der Waals surface area contributed by atoms with Crippen LogP contribution in [-0.4, -0.2) is 19.1 Å². The summed E-state index contributed by atoms with van der Waals surface area (Å²) in [5.41, 5.74) is 11.8. The summed E-state index contributed by atoms with van der Waals surface area (Å²) in [4.78, 5) is 10.8. The first-order valence-corrected chi connectivity index (χ1v) is 19.7. The Bertz CT molecular complexity index is 3500. The van der Waals surface area contributed by atoms with Crippen LogP contribution in [0.15, 0.2) is 206 Å². The second kappa shape index (κ2) is 12.9. The highest BCUT2D eigenvalue weighted by Crippen LogP contribution is 2.44. The van der Waals surface area contributed by atoms with Gasteiger partial charge in [-0.3, -0.25) is 4.57 Å². The monoisotopic (exact) mass is 738 g/mol. The molecule has 0 N–H and O–H groups in total. The summed E-state index contributed by atoms with van der Waals surface area (Å²) < 4.78 is 4.71. The Morgan fingerprint density at radius 1 is 0.310 bits per heavy atom. The average molecular weight is 739 g/mol. The maximum absolute atomic E-state index is 5.38. The number of rotatable bonds is 5. The molecule has 3 heterocycles. The van der Waals surface area contributed by atoms with Crippen molar-refractivity contribution in [1.29, 1.82) is 0 Å². The summed E-state index contributed by atoms with van der Waals surface area (Å²) in [5, 5.41) is 9.58. The molecule has 0 unspecified atom stereocenters. The lowest BCUT2D eigenvalue weighted by Gasteiger charge is -2.16. The molecule has 0 aliphatic carbocycles. The summed E-state index contributed by atoms with van der Waals surface area (Å²) in [7, 11) is 0. The van der Waals surface area contributed by atoms with Gasteiger partial charge in [0.05, 0.1) is 33.5 Å². The lowest BCUT2D eigenvalue weighted by molar-refractivity contribution is 0.996. The second-order valence-electron chi connectivity index (χ2n) is 15.0. The molecule has 0 bridgehead atoms. The first-order valence-electron chi connectivity index (χ1n) is 19.7. The fourth-order valence-electron chi connectivity index (χ4n) is 9.06. The van der Waals surface area contributed by atoms with E-state index in [0.29, 0.717) is 5.95 Å². The summed E-state index contributed by atoms with van der Waals surface area (Å²) in [6.45, 7) is 0. The zero-order chi connectivity index (χ0) is 38.2. The standard InChI is InChI=1S/C54H34N4/c1-3-16-36(17-4-1)47-34-48(37-18-5-2-6-19-37)56-54(55-47)58-50-26-14-12-24-44(50)46-32-39-21-9-10-22-42(39)52(53(46)58)40-28-30-51-45(33-40)43-23-11-13-25-49(43)57(51)41-29-27-35-15-7-8-20-38(35)31-41/h1-34H. The van der Waals surface area contributed by atoms with Crippen LogP contribution >= 0.6 is 0 Å². The molecule has 4 heteroatoms. The molecule has 0 atom stereocenters. The van der Waals surface area contributed by atoms with Gasteiger partial charge in [-0.15, -0.1) is 0 Å². The first kappa shape index (κ1) is 32.4. The Labute approximate surface area is 334 Å². The van der Waals surface area contributed by atoms with Crippen molar-refractivity contribution in [1.82, 2.24) is 19.1 Å². The number of aromatic nitrogens is 4. The lowest BCUT2D eigenvalue weighted by atomic mass is 9.94. The summed E-state index contributed by atoms with van der Waals surface area (Å²) in [6.07, 6.45) is 0. The van der Waals surface area contributed by atoms with Crippen molar-refractivity contribution in [2.24, 2.45) is 0 Å². The van der Waals surface area contributed by atoms with E-state index in [0.717, 1.165) is 61.1 Å². The smallest absolute Gasteiger partial charge is 0.235 e. The fourth-order valence-corrected chi connectivity index (χ4v) is 9.06. The average Bonchev–Trinajstić information content (AvgIpc) is 3.81. The van der Waals surface area contributed by atoms with Crippen LogP contribution in [0.5, 0.6) is 0 Å². The largest absolute Gasteiger partial charge is 0.309 e. The van der Waals surface area contributed by atoms with E-state index in [2.05, 4.69) is 203 Å². The molecule has 270 valence electrons. The molecule has 0 saturated heterocycles. The van der Waals surface area contributed by atoms with Crippen LogP contribution in [0.25, 0.3) is 110 Å². The van der Waals surface area contributed by atoms with Gasteiger partial charge < -0.3 is 4.57 Å². The third kappa shape index (κ3) is 5.02. The quantitative estimate of drug-likeness (QED) is 0.176. The molecule has 58 heavy (non-hydrogen) atoms. The predicted octanol–water partition coefficient (Wildman–Crippen LogP) is 14.0.